The molecule has 2 saturated heterocycles. The number of hydrogen-bond donors (Lipinski definition) is 1. The molecule has 1 N–H and O–H groups in total. The van der Waals surface area contributed by atoms with Crippen LogP contribution in [0.4, 0.5) is 14.7 Å². The molecular formula is C26H26F2N4O5. The maximum atomic E-state index is 13.0. The van der Waals surface area contributed by atoms with Crippen molar-refractivity contribution in [3.05, 3.63) is 53.5 Å². The third-order valence-electron chi connectivity index (χ3n) is 7.39. The van der Waals surface area contributed by atoms with Crippen molar-refractivity contribution in [2.24, 2.45) is 0 Å². The molecule has 3 aliphatic rings. The van der Waals surface area contributed by atoms with Crippen molar-refractivity contribution in [2.75, 3.05) is 4.90 Å². The highest BCUT2D eigenvalue weighted by Crippen LogP contribution is 2.46. The molecule has 2 aromatic heterocycles. The molecule has 0 radical (unpaired) electrons. The maximum absolute atomic E-state index is 13.0. The lowest BCUT2D eigenvalue weighted by atomic mass is 9.99. The SMILES string of the molecule is O=C(O)c1cnc(N2C3CC[C@H]2CC(OCc2c(-c4ccccc4OC(F)F)noc2C2CC2)C3)nc1. The second kappa shape index (κ2) is 9.70. The van der Waals surface area contributed by atoms with Crippen LogP contribution >= 0.6 is 0 Å². The molecule has 1 saturated carbocycles. The van der Waals surface area contributed by atoms with Gasteiger partial charge in [-0.1, -0.05) is 17.3 Å². The molecule has 3 fully saturated rings. The number of ether oxygens (including phenoxy) is 2. The van der Waals surface area contributed by atoms with Gasteiger partial charge >= 0.3 is 12.6 Å². The van der Waals surface area contributed by atoms with Crippen molar-refractivity contribution >= 4 is 11.9 Å². The fourth-order valence-electron chi connectivity index (χ4n) is 5.56. The number of aromatic nitrogens is 3. The first kappa shape index (κ1) is 23.8. The fourth-order valence-corrected chi connectivity index (χ4v) is 5.56. The van der Waals surface area contributed by atoms with E-state index in [-0.39, 0.29) is 42.0 Å². The zero-order chi connectivity index (χ0) is 25.5. The fraction of sp³-hybridized carbons (Fsp3) is 0.462. The number of alkyl halides is 2. The Labute approximate surface area is 211 Å². The van der Waals surface area contributed by atoms with Crippen LogP contribution in [0.2, 0.25) is 0 Å². The lowest BCUT2D eigenvalue weighted by Gasteiger charge is -2.38. The minimum Gasteiger partial charge on any atom is -0.478 e. The zero-order valence-electron chi connectivity index (χ0n) is 19.9. The summed E-state index contributed by atoms with van der Waals surface area (Å²) in [6.07, 6.45) is 8.21. The molecule has 0 spiro atoms. The second-order valence-electron chi connectivity index (χ2n) is 9.80. The van der Waals surface area contributed by atoms with Crippen LogP contribution < -0.4 is 9.64 Å². The molecule has 1 aromatic carbocycles. The Morgan fingerprint density at radius 2 is 1.81 bits per heavy atom. The van der Waals surface area contributed by atoms with E-state index in [0.29, 0.717) is 17.2 Å². The number of carbonyl (C=O) groups is 1. The highest BCUT2D eigenvalue weighted by Gasteiger charge is 2.43. The average molecular weight is 513 g/mol. The number of nitrogens with zero attached hydrogens (tertiary/aromatic N) is 4. The zero-order valence-corrected chi connectivity index (χ0v) is 19.9. The Hall–Kier alpha value is -3.60. The van der Waals surface area contributed by atoms with E-state index in [4.69, 9.17) is 19.1 Å². The summed E-state index contributed by atoms with van der Waals surface area (Å²) in [4.78, 5) is 21.9. The summed E-state index contributed by atoms with van der Waals surface area (Å²) in [6.45, 7) is -2.68. The Kier molecular flexibility index (Phi) is 6.23. The van der Waals surface area contributed by atoms with Gasteiger partial charge in [0.15, 0.2) is 0 Å². The van der Waals surface area contributed by atoms with E-state index in [1.54, 1.807) is 18.2 Å². The Morgan fingerprint density at radius 3 is 2.46 bits per heavy atom. The smallest absolute Gasteiger partial charge is 0.387 e. The minimum atomic E-state index is -2.94. The largest absolute Gasteiger partial charge is 0.478 e. The van der Waals surface area contributed by atoms with Crippen LogP contribution in [0.5, 0.6) is 5.75 Å². The molecule has 37 heavy (non-hydrogen) atoms. The highest BCUT2D eigenvalue weighted by atomic mass is 19.3. The highest BCUT2D eigenvalue weighted by molar-refractivity contribution is 5.86. The number of benzene rings is 1. The number of fused-ring (bicyclic) bond motifs is 2. The summed E-state index contributed by atoms with van der Waals surface area (Å²) in [6, 6.07) is 6.98. The normalized spacial score (nSPS) is 23.0. The van der Waals surface area contributed by atoms with E-state index in [2.05, 4.69) is 20.0 Å². The summed E-state index contributed by atoms with van der Waals surface area (Å²) in [5.41, 5.74) is 1.78. The number of halogens is 2. The monoisotopic (exact) mass is 512 g/mol. The second-order valence-corrected chi connectivity index (χ2v) is 9.80. The number of hydrogen-bond acceptors (Lipinski definition) is 8. The maximum Gasteiger partial charge on any atom is 0.387 e. The van der Waals surface area contributed by atoms with Crippen molar-refractivity contribution in [3.8, 4) is 17.0 Å². The van der Waals surface area contributed by atoms with Crippen LogP contribution in [0.15, 0.2) is 41.2 Å². The van der Waals surface area contributed by atoms with E-state index >= 15 is 0 Å². The van der Waals surface area contributed by atoms with Gasteiger partial charge in [0, 0.05) is 41.5 Å². The van der Waals surface area contributed by atoms with Crippen molar-refractivity contribution in [1.29, 1.82) is 0 Å². The molecule has 11 heteroatoms. The summed E-state index contributed by atoms with van der Waals surface area (Å²) in [7, 11) is 0. The van der Waals surface area contributed by atoms with Gasteiger partial charge in [-0.15, -0.1) is 0 Å². The number of carboxylic acid groups (broad SMARTS) is 1. The molecule has 9 nitrogen and oxygen atoms in total. The first-order chi connectivity index (χ1) is 18.0. The Morgan fingerprint density at radius 1 is 1.11 bits per heavy atom. The van der Waals surface area contributed by atoms with Gasteiger partial charge < -0.3 is 24.0 Å². The van der Waals surface area contributed by atoms with Gasteiger partial charge in [0.05, 0.1) is 18.3 Å². The molecule has 2 bridgehead atoms. The third kappa shape index (κ3) is 4.75. The summed E-state index contributed by atoms with van der Waals surface area (Å²) >= 11 is 0. The Bertz CT molecular complexity index is 1270. The summed E-state index contributed by atoms with van der Waals surface area (Å²) < 4.78 is 42.9. The van der Waals surface area contributed by atoms with E-state index in [0.717, 1.165) is 49.8 Å². The van der Waals surface area contributed by atoms with Gasteiger partial charge in [-0.25, -0.2) is 14.8 Å². The molecule has 1 aliphatic carbocycles. The topological polar surface area (TPSA) is 111 Å². The molecule has 3 aromatic rings. The molecule has 4 heterocycles. The van der Waals surface area contributed by atoms with Gasteiger partial charge in [0.25, 0.3) is 0 Å². The first-order valence-corrected chi connectivity index (χ1v) is 12.5. The van der Waals surface area contributed by atoms with Crippen LogP contribution in [-0.2, 0) is 11.3 Å². The van der Waals surface area contributed by atoms with E-state index in [1.807, 2.05) is 0 Å². The Balaban J connectivity index is 1.19. The van der Waals surface area contributed by atoms with Crippen molar-refractivity contribution in [2.45, 2.75) is 75.8 Å². The number of carboxylic acids is 1. The summed E-state index contributed by atoms with van der Waals surface area (Å²) in [5, 5.41) is 13.4. The number of rotatable bonds is 9. The first-order valence-electron chi connectivity index (χ1n) is 12.5. The van der Waals surface area contributed by atoms with Crippen LogP contribution in [0.25, 0.3) is 11.3 Å². The van der Waals surface area contributed by atoms with Gasteiger partial charge in [-0.05, 0) is 50.7 Å². The number of para-hydroxylation sites is 1. The van der Waals surface area contributed by atoms with Gasteiger partial charge in [-0.2, -0.15) is 8.78 Å². The summed E-state index contributed by atoms with van der Waals surface area (Å²) in [5.74, 6) is 0.573. The van der Waals surface area contributed by atoms with Crippen LogP contribution in [-0.4, -0.2) is 51.0 Å². The molecule has 2 unspecified atom stereocenters. The lowest BCUT2D eigenvalue weighted by Crippen LogP contribution is -2.46. The van der Waals surface area contributed by atoms with Crippen molar-refractivity contribution in [3.63, 3.8) is 0 Å². The standard InChI is InChI=1S/C26H26F2N4O5/c27-25(28)36-21-4-2-1-3-19(21)22-20(23(37-31-22)14-5-6-14)13-35-18-9-16-7-8-17(10-18)32(16)26-29-11-15(12-30-26)24(33)34/h1-4,11-12,14,16-18,25H,5-10,13H2,(H,33,34)/t16-,17?,18?/m0/s1. The van der Waals surface area contributed by atoms with Gasteiger partial charge in [0.2, 0.25) is 5.95 Å². The van der Waals surface area contributed by atoms with Crippen LogP contribution in [0, 0.1) is 0 Å². The molecular weight excluding hydrogens is 486 g/mol. The van der Waals surface area contributed by atoms with Crippen LogP contribution in [0.3, 0.4) is 0 Å². The molecule has 3 atom stereocenters. The molecule has 194 valence electrons. The third-order valence-corrected chi connectivity index (χ3v) is 7.39. The molecule has 6 rings (SSSR count). The van der Waals surface area contributed by atoms with Crippen LogP contribution in [0.1, 0.15) is 66.1 Å². The minimum absolute atomic E-state index is 0.00518. The number of piperidine rings is 1. The number of anilines is 1. The van der Waals surface area contributed by atoms with E-state index in [1.165, 1.54) is 18.5 Å². The van der Waals surface area contributed by atoms with E-state index in [9.17, 15) is 13.6 Å². The lowest BCUT2D eigenvalue weighted by molar-refractivity contribution is -0.0494. The van der Waals surface area contributed by atoms with E-state index < -0.39 is 12.6 Å². The molecule has 0 amide bonds. The predicted octanol–water partition coefficient (Wildman–Crippen LogP) is 5.03. The van der Waals surface area contributed by atoms with Crippen molar-refractivity contribution in [1.82, 2.24) is 15.1 Å². The predicted molar refractivity (Wildman–Crippen MR) is 127 cm³/mol. The van der Waals surface area contributed by atoms with Gasteiger partial charge in [0.1, 0.15) is 17.2 Å². The van der Waals surface area contributed by atoms with Crippen molar-refractivity contribution < 1.29 is 32.7 Å². The quantitative estimate of drug-likeness (QED) is 0.422. The average Bonchev–Trinajstić information content (AvgIpc) is 3.59. The molecule has 2 aliphatic heterocycles. The van der Waals surface area contributed by atoms with Gasteiger partial charge in [-0.3, -0.25) is 0 Å². The number of aromatic carboxylic acids is 1.